The number of halogens is 2. The first-order valence-corrected chi connectivity index (χ1v) is 9.12. The number of nitrogens with one attached hydrogen (secondary N) is 2. The van der Waals surface area contributed by atoms with Gasteiger partial charge in [0.15, 0.2) is 5.75 Å². The highest BCUT2D eigenvalue weighted by Gasteiger charge is 2.19. The number of rotatable bonds is 5. The van der Waals surface area contributed by atoms with Crippen LogP contribution in [0.4, 0.5) is 0 Å². The topological polar surface area (TPSA) is 149 Å². The first kappa shape index (κ1) is 22.0. The number of methoxy groups -OCH3 is 1. The molecule has 0 saturated heterocycles. The molecule has 2 N–H and O–H groups in total. The molecule has 160 valence electrons. The van der Waals surface area contributed by atoms with Gasteiger partial charge in [-0.3, -0.25) is 14.6 Å². The van der Waals surface area contributed by atoms with Gasteiger partial charge in [-0.2, -0.15) is 9.78 Å². The number of carbonyl (C=O) groups is 1. The number of ether oxygens (including phenoxy) is 2. The first-order chi connectivity index (χ1) is 14.6. The Morgan fingerprint density at radius 1 is 1.13 bits per heavy atom. The Balaban J connectivity index is 2.06. The Bertz CT molecular complexity index is 1370. The van der Waals surface area contributed by atoms with Crippen molar-refractivity contribution in [1.82, 2.24) is 25.0 Å². The van der Waals surface area contributed by atoms with Gasteiger partial charge in [0, 0.05) is 11.6 Å². The fraction of sp³-hybridized carbons (Fsp3) is 0.111. The van der Waals surface area contributed by atoms with Crippen molar-refractivity contribution >= 4 is 34.7 Å². The lowest BCUT2D eigenvalue weighted by atomic mass is 10.2. The second kappa shape index (κ2) is 8.58. The normalized spacial score (nSPS) is 10.6. The summed E-state index contributed by atoms with van der Waals surface area (Å²) < 4.78 is 10.8. The molecule has 0 unspecified atom stereocenters. The molecule has 3 rings (SSSR count). The third kappa shape index (κ3) is 4.42. The molecule has 0 radical (unpaired) electrons. The average molecular weight is 466 g/mol. The molecule has 2 heterocycles. The molecule has 0 fully saturated rings. The SMILES string of the molecule is C=C(C)c1cc(Oc2c(Cl)cc(-n3nc(C(=O)OC)c(=O)[nH]c3=O)cc2Cl)n[nH]c1=O. The monoisotopic (exact) mass is 465 g/mol. The molecule has 0 amide bonds. The van der Waals surface area contributed by atoms with Gasteiger partial charge in [-0.25, -0.2) is 14.7 Å². The molecule has 11 nitrogen and oxygen atoms in total. The molecule has 0 aliphatic heterocycles. The standard InChI is InChI=1S/C18H13Cl2N5O6/c1-7(2)9-6-12(22-23-15(9)26)31-14-10(19)4-8(5-11(14)20)25-18(29)21-16(27)13(24-25)17(28)30-3/h4-6H,1H2,2-3H3,(H,23,26)(H,21,27,29). The Hall–Kier alpha value is -3.70. The van der Waals surface area contributed by atoms with E-state index in [0.29, 0.717) is 10.3 Å². The molecule has 0 atom stereocenters. The Kier molecular flexibility index (Phi) is 6.09. The minimum atomic E-state index is -1.04. The minimum Gasteiger partial charge on any atom is -0.464 e. The van der Waals surface area contributed by atoms with E-state index in [4.69, 9.17) is 27.9 Å². The van der Waals surface area contributed by atoms with E-state index in [0.717, 1.165) is 7.11 Å². The number of aromatic nitrogens is 5. The number of allylic oxidation sites excluding steroid dienone is 1. The van der Waals surface area contributed by atoms with Crippen molar-refractivity contribution < 1.29 is 14.3 Å². The van der Waals surface area contributed by atoms with E-state index in [1.165, 1.54) is 18.2 Å². The highest BCUT2D eigenvalue weighted by atomic mass is 35.5. The molecule has 0 saturated carbocycles. The highest BCUT2D eigenvalue weighted by Crippen LogP contribution is 2.37. The van der Waals surface area contributed by atoms with Crippen molar-refractivity contribution in [3.05, 3.63) is 77.3 Å². The van der Waals surface area contributed by atoms with E-state index < -0.39 is 28.5 Å². The van der Waals surface area contributed by atoms with Gasteiger partial charge in [0.25, 0.3) is 11.1 Å². The first-order valence-electron chi connectivity index (χ1n) is 8.37. The zero-order valence-corrected chi connectivity index (χ0v) is 17.5. The van der Waals surface area contributed by atoms with Crippen molar-refractivity contribution in [2.45, 2.75) is 6.92 Å². The lowest BCUT2D eigenvalue weighted by Gasteiger charge is -2.12. The molecule has 0 aliphatic carbocycles. The Morgan fingerprint density at radius 3 is 2.35 bits per heavy atom. The summed E-state index contributed by atoms with van der Waals surface area (Å²) in [6, 6.07) is 3.89. The van der Waals surface area contributed by atoms with Crippen LogP contribution in [0.3, 0.4) is 0 Å². The van der Waals surface area contributed by atoms with Crippen molar-refractivity contribution in [2.24, 2.45) is 0 Å². The summed E-state index contributed by atoms with van der Waals surface area (Å²) in [4.78, 5) is 49.3. The van der Waals surface area contributed by atoms with Crippen LogP contribution in [0.25, 0.3) is 11.3 Å². The summed E-state index contributed by atoms with van der Waals surface area (Å²) in [7, 11) is 1.06. The highest BCUT2D eigenvalue weighted by molar-refractivity contribution is 6.37. The predicted octanol–water partition coefficient (Wildman–Crippen LogP) is 1.92. The van der Waals surface area contributed by atoms with Crippen molar-refractivity contribution in [1.29, 1.82) is 0 Å². The maximum atomic E-state index is 12.2. The molecule has 2 aromatic heterocycles. The van der Waals surface area contributed by atoms with Gasteiger partial charge in [-0.1, -0.05) is 29.8 Å². The van der Waals surface area contributed by atoms with Crippen LogP contribution in [-0.4, -0.2) is 38.0 Å². The van der Waals surface area contributed by atoms with Gasteiger partial charge >= 0.3 is 11.7 Å². The average Bonchev–Trinajstić information content (AvgIpc) is 2.71. The molecule has 0 spiro atoms. The van der Waals surface area contributed by atoms with Crippen LogP contribution >= 0.6 is 23.2 Å². The van der Waals surface area contributed by atoms with Crippen LogP contribution in [0.2, 0.25) is 10.0 Å². The zero-order chi connectivity index (χ0) is 22.9. The number of aromatic amines is 2. The fourth-order valence-corrected chi connectivity index (χ4v) is 2.99. The molecular formula is C18H13Cl2N5O6. The number of esters is 1. The van der Waals surface area contributed by atoms with Crippen LogP contribution in [0, 0.1) is 0 Å². The number of carbonyl (C=O) groups excluding carboxylic acids is 1. The van der Waals surface area contributed by atoms with E-state index in [9.17, 15) is 19.2 Å². The zero-order valence-electron chi connectivity index (χ0n) is 16.0. The quantitative estimate of drug-likeness (QED) is 0.542. The Labute approximate surface area is 182 Å². The van der Waals surface area contributed by atoms with Crippen LogP contribution in [0.5, 0.6) is 11.6 Å². The molecule has 3 aromatic rings. The summed E-state index contributed by atoms with van der Waals surface area (Å²) >= 11 is 12.5. The van der Waals surface area contributed by atoms with Gasteiger partial charge in [0.2, 0.25) is 11.6 Å². The maximum absolute atomic E-state index is 12.2. The largest absolute Gasteiger partial charge is 0.464 e. The summed E-state index contributed by atoms with van der Waals surface area (Å²) in [5, 5.41) is 9.65. The van der Waals surface area contributed by atoms with E-state index in [-0.39, 0.29) is 32.9 Å². The number of hydrogen-bond acceptors (Lipinski definition) is 8. The molecular weight excluding hydrogens is 453 g/mol. The maximum Gasteiger partial charge on any atom is 0.364 e. The number of H-pyrrole nitrogens is 2. The molecule has 0 aliphatic rings. The summed E-state index contributed by atoms with van der Waals surface area (Å²) in [6.45, 7) is 5.34. The van der Waals surface area contributed by atoms with Gasteiger partial charge in [0.05, 0.1) is 22.8 Å². The third-order valence-corrected chi connectivity index (χ3v) is 4.44. The second-order valence-corrected chi connectivity index (χ2v) is 6.90. The van der Waals surface area contributed by atoms with Gasteiger partial charge in [-0.15, -0.1) is 5.10 Å². The lowest BCUT2D eigenvalue weighted by molar-refractivity contribution is 0.0589. The minimum absolute atomic E-state index is 0.0125. The molecule has 31 heavy (non-hydrogen) atoms. The second-order valence-electron chi connectivity index (χ2n) is 6.08. The molecule has 13 heteroatoms. The van der Waals surface area contributed by atoms with Gasteiger partial charge in [-0.05, 0) is 24.6 Å². The van der Waals surface area contributed by atoms with Crippen molar-refractivity contribution in [3.8, 4) is 17.3 Å². The number of nitrogens with zero attached hydrogens (tertiary/aromatic N) is 3. The van der Waals surface area contributed by atoms with Gasteiger partial charge < -0.3 is 9.47 Å². The van der Waals surface area contributed by atoms with Crippen molar-refractivity contribution in [3.63, 3.8) is 0 Å². The molecule has 1 aromatic carbocycles. The van der Waals surface area contributed by atoms with Crippen LogP contribution in [0.15, 0.2) is 39.2 Å². The number of hydrogen-bond donors (Lipinski definition) is 2. The van der Waals surface area contributed by atoms with E-state index in [2.05, 4.69) is 26.6 Å². The number of benzene rings is 1. The van der Waals surface area contributed by atoms with E-state index in [1.807, 2.05) is 4.98 Å². The third-order valence-electron chi connectivity index (χ3n) is 3.88. The van der Waals surface area contributed by atoms with Crippen LogP contribution < -0.4 is 21.5 Å². The molecule has 0 bridgehead atoms. The van der Waals surface area contributed by atoms with Crippen molar-refractivity contribution in [2.75, 3.05) is 7.11 Å². The smallest absolute Gasteiger partial charge is 0.364 e. The summed E-state index contributed by atoms with van der Waals surface area (Å²) in [5.41, 5.74) is -2.25. The van der Waals surface area contributed by atoms with Gasteiger partial charge in [0.1, 0.15) is 0 Å². The fourth-order valence-electron chi connectivity index (χ4n) is 2.43. The summed E-state index contributed by atoms with van der Waals surface area (Å²) in [6.07, 6.45) is 0. The Morgan fingerprint density at radius 2 is 1.77 bits per heavy atom. The van der Waals surface area contributed by atoms with E-state index >= 15 is 0 Å². The lowest BCUT2D eigenvalue weighted by Crippen LogP contribution is -2.36. The summed E-state index contributed by atoms with van der Waals surface area (Å²) in [5.74, 6) is -1.07. The van der Waals surface area contributed by atoms with Crippen LogP contribution in [0.1, 0.15) is 23.0 Å². The van der Waals surface area contributed by atoms with E-state index in [1.54, 1.807) is 6.92 Å². The predicted molar refractivity (Wildman–Crippen MR) is 111 cm³/mol. The van der Waals surface area contributed by atoms with Crippen LogP contribution in [-0.2, 0) is 4.74 Å².